The molecule has 1 aromatic heterocycles. The van der Waals surface area contributed by atoms with Gasteiger partial charge in [-0.1, -0.05) is 18.5 Å². The van der Waals surface area contributed by atoms with Crippen LogP contribution >= 0.6 is 11.6 Å². The summed E-state index contributed by atoms with van der Waals surface area (Å²) < 4.78 is 1.11. The number of pyridine rings is 1. The number of rotatable bonds is 4. The molecule has 0 aliphatic heterocycles. The van der Waals surface area contributed by atoms with Crippen LogP contribution in [-0.4, -0.2) is 15.5 Å². The molecule has 124 valence electrons. The van der Waals surface area contributed by atoms with E-state index in [2.05, 4.69) is 0 Å². The van der Waals surface area contributed by atoms with E-state index in [1.54, 1.807) is 19.1 Å². The van der Waals surface area contributed by atoms with E-state index in [9.17, 15) is 20.0 Å². The van der Waals surface area contributed by atoms with Crippen molar-refractivity contribution in [3.05, 3.63) is 61.9 Å². The molecule has 2 rings (SSSR count). The first-order chi connectivity index (χ1) is 11.3. The molecular formula is C18H17ClN2O3. The Morgan fingerprint density at radius 1 is 1.38 bits per heavy atom. The van der Waals surface area contributed by atoms with Crippen molar-refractivity contribution in [2.75, 3.05) is 0 Å². The molecule has 0 bridgehead atoms. The smallest absolute Gasteiger partial charge is 0.271 e. The first-order valence-electron chi connectivity index (χ1n) is 7.51. The zero-order valence-corrected chi connectivity index (χ0v) is 14.4. The fourth-order valence-electron chi connectivity index (χ4n) is 2.53. The van der Waals surface area contributed by atoms with Gasteiger partial charge < -0.3 is 5.11 Å². The lowest BCUT2D eigenvalue weighted by atomic mass is 9.97. The van der Waals surface area contributed by atoms with E-state index >= 15 is 0 Å². The molecule has 1 aromatic carbocycles. The van der Waals surface area contributed by atoms with Crippen LogP contribution in [0, 0.1) is 18.3 Å². The summed E-state index contributed by atoms with van der Waals surface area (Å²) in [5, 5.41) is 20.4. The lowest BCUT2D eigenvalue weighted by Crippen LogP contribution is -2.28. The Hall–Kier alpha value is -2.58. The first-order valence-corrected chi connectivity index (χ1v) is 7.89. The molecule has 0 radical (unpaired) electrons. The third-order valence-corrected chi connectivity index (χ3v) is 4.36. The van der Waals surface area contributed by atoms with Crippen molar-refractivity contribution in [3.8, 4) is 11.9 Å². The Balaban J connectivity index is 2.78. The topological polar surface area (TPSA) is 83.1 Å². The number of aromatic hydroxyl groups is 1. The predicted octanol–water partition coefficient (Wildman–Crippen LogP) is 3.59. The van der Waals surface area contributed by atoms with Crippen LogP contribution in [0.1, 0.15) is 53.4 Å². The van der Waals surface area contributed by atoms with Crippen molar-refractivity contribution in [3.63, 3.8) is 0 Å². The molecule has 0 amide bonds. The van der Waals surface area contributed by atoms with E-state index < -0.39 is 17.2 Å². The van der Waals surface area contributed by atoms with Crippen molar-refractivity contribution < 1.29 is 9.90 Å². The van der Waals surface area contributed by atoms with Gasteiger partial charge in [-0.15, -0.1) is 0 Å². The average molecular weight is 345 g/mol. The van der Waals surface area contributed by atoms with Gasteiger partial charge in [0.2, 0.25) is 5.88 Å². The molecule has 1 heterocycles. The van der Waals surface area contributed by atoms with Crippen LogP contribution in [0.4, 0.5) is 0 Å². The number of hydrogen-bond donors (Lipinski definition) is 1. The van der Waals surface area contributed by atoms with E-state index in [0.29, 0.717) is 17.0 Å². The number of halogens is 1. The second kappa shape index (κ2) is 6.90. The number of benzene rings is 1. The molecule has 1 atom stereocenters. The monoisotopic (exact) mass is 344 g/mol. The highest BCUT2D eigenvalue weighted by Gasteiger charge is 2.26. The quantitative estimate of drug-likeness (QED) is 0.859. The third-order valence-electron chi connectivity index (χ3n) is 4.11. The molecule has 0 saturated carbocycles. The number of carbonyl (C=O) groups excluding carboxylic acids is 1. The Kier molecular flexibility index (Phi) is 5.10. The van der Waals surface area contributed by atoms with Crippen molar-refractivity contribution in [1.82, 2.24) is 4.57 Å². The van der Waals surface area contributed by atoms with E-state index in [1.165, 1.54) is 19.1 Å². The highest BCUT2D eigenvalue weighted by molar-refractivity contribution is 6.30. The molecule has 1 unspecified atom stereocenters. The summed E-state index contributed by atoms with van der Waals surface area (Å²) in [7, 11) is 0. The van der Waals surface area contributed by atoms with Gasteiger partial charge in [-0.2, -0.15) is 5.26 Å². The summed E-state index contributed by atoms with van der Waals surface area (Å²) in [5.41, 5.74) is -0.260. The van der Waals surface area contributed by atoms with Gasteiger partial charge in [-0.05, 0) is 50.1 Å². The van der Waals surface area contributed by atoms with E-state index in [0.717, 1.165) is 4.57 Å². The summed E-state index contributed by atoms with van der Waals surface area (Å²) in [6, 6.07) is 7.71. The number of nitrogens with zero attached hydrogens (tertiary/aromatic N) is 2. The average Bonchev–Trinajstić information content (AvgIpc) is 2.55. The van der Waals surface area contributed by atoms with Crippen molar-refractivity contribution in [2.24, 2.45) is 0 Å². The van der Waals surface area contributed by atoms with E-state index in [4.69, 9.17) is 11.6 Å². The molecule has 6 heteroatoms. The Bertz CT molecular complexity index is 892. The van der Waals surface area contributed by atoms with Crippen LogP contribution < -0.4 is 5.56 Å². The Morgan fingerprint density at radius 3 is 2.46 bits per heavy atom. The standard InChI is InChI=1S/C18H17ClN2O3/c1-4-10(2)21-17(23)14(9-20)11(3)15(18(21)24)16(22)12-5-7-13(19)8-6-12/h5-8,10,24H,4H2,1-3H3. The largest absolute Gasteiger partial charge is 0.494 e. The third kappa shape index (κ3) is 2.93. The van der Waals surface area contributed by atoms with Crippen LogP contribution in [0.25, 0.3) is 0 Å². The van der Waals surface area contributed by atoms with Gasteiger partial charge in [0.15, 0.2) is 5.78 Å². The van der Waals surface area contributed by atoms with Crippen LogP contribution in [-0.2, 0) is 0 Å². The highest BCUT2D eigenvalue weighted by Crippen LogP contribution is 2.28. The summed E-state index contributed by atoms with van der Waals surface area (Å²) in [6.45, 7) is 5.08. The highest BCUT2D eigenvalue weighted by atomic mass is 35.5. The maximum atomic E-state index is 12.8. The fourth-order valence-corrected chi connectivity index (χ4v) is 2.66. The molecule has 0 saturated heterocycles. The second-order valence-corrected chi connectivity index (χ2v) is 6.02. The Morgan fingerprint density at radius 2 is 1.96 bits per heavy atom. The van der Waals surface area contributed by atoms with Crippen LogP contribution in [0.15, 0.2) is 29.1 Å². The van der Waals surface area contributed by atoms with E-state index in [-0.39, 0.29) is 22.7 Å². The van der Waals surface area contributed by atoms with Crippen LogP contribution in [0.3, 0.4) is 0 Å². The summed E-state index contributed by atoms with van der Waals surface area (Å²) in [6.07, 6.45) is 0.565. The molecule has 1 N–H and O–H groups in total. The summed E-state index contributed by atoms with van der Waals surface area (Å²) >= 11 is 5.83. The number of aromatic nitrogens is 1. The number of ketones is 1. The van der Waals surface area contributed by atoms with E-state index in [1.807, 2.05) is 13.0 Å². The molecule has 24 heavy (non-hydrogen) atoms. The number of carbonyl (C=O) groups is 1. The second-order valence-electron chi connectivity index (χ2n) is 5.58. The molecule has 2 aromatic rings. The van der Waals surface area contributed by atoms with Gasteiger partial charge >= 0.3 is 0 Å². The fraction of sp³-hybridized carbons (Fsp3) is 0.278. The van der Waals surface area contributed by atoms with Gasteiger partial charge in [-0.3, -0.25) is 14.2 Å². The molecule has 0 fully saturated rings. The normalized spacial score (nSPS) is 11.8. The zero-order chi connectivity index (χ0) is 18.0. The maximum absolute atomic E-state index is 12.8. The molecule has 0 aliphatic rings. The number of hydrogen-bond acceptors (Lipinski definition) is 4. The number of nitriles is 1. The molecular weight excluding hydrogens is 328 g/mol. The van der Waals surface area contributed by atoms with Gasteiger partial charge in [0.25, 0.3) is 5.56 Å². The maximum Gasteiger partial charge on any atom is 0.271 e. The zero-order valence-electron chi connectivity index (χ0n) is 13.6. The lowest BCUT2D eigenvalue weighted by Gasteiger charge is -2.19. The minimum Gasteiger partial charge on any atom is -0.494 e. The van der Waals surface area contributed by atoms with Crippen molar-refractivity contribution in [2.45, 2.75) is 33.2 Å². The lowest BCUT2D eigenvalue weighted by molar-refractivity contribution is 0.103. The SMILES string of the molecule is CCC(C)n1c(O)c(C(=O)c2ccc(Cl)cc2)c(C)c(C#N)c1=O. The van der Waals surface area contributed by atoms with Gasteiger partial charge in [0.05, 0.1) is 5.56 Å². The van der Waals surface area contributed by atoms with Crippen molar-refractivity contribution >= 4 is 17.4 Å². The first kappa shape index (κ1) is 17.8. The van der Waals surface area contributed by atoms with Crippen LogP contribution in [0.2, 0.25) is 5.02 Å². The van der Waals surface area contributed by atoms with Crippen molar-refractivity contribution in [1.29, 1.82) is 5.26 Å². The molecule has 0 aliphatic carbocycles. The minimum absolute atomic E-state index is 0.0335. The Labute approximate surface area is 144 Å². The predicted molar refractivity (Wildman–Crippen MR) is 91.7 cm³/mol. The van der Waals surface area contributed by atoms with Gasteiger partial charge in [0.1, 0.15) is 11.6 Å². The molecule has 0 spiro atoms. The van der Waals surface area contributed by atoms with Crippen LogP contribution in [0.5, 0.6) is 5.88 Å². The molecule has 5 nitrogen and oxygen atoms in total. The van der Waals surface area contributed by atoms with Gasteiger partial charge in [-0.25, -0.2) is 0 Å². The minimum atomic E-state index is -0.588. The van der Waals surface area contributed by atoms with Gasteiger partial charge in [0, 0.05) is 16.6 Å². The summed E-state index contributed by atoms with van der Waals surface area (Å²) in [4.78, 5) is 25.3. The summed E-state index contributed by atoms with van der Waals surface area (Å²) in [5.74, 6) is -0.874.